The standard InChI is InChI=1S/C25H25N7O4S/c1-3-19-28-16-10-9-15(11-18(16)37-19)32-24(27-13(2)30-32)23-21(33)20(29-31-26)22-17(35-23)12-34-25(36-22)14-7-5-4-6-8-14/h4-11,17,20-23,25,33H,3,12H2,1-2H3/t17-,20-,21-,22+,23-,25?/m1/s1. The molecule has 4 heterocycles. The Hall–Kier alpha value is -3.38. The molecule has 1 N–H and O–H groups in total. The summed E-state index contributed by atoms with van der Waals surface area (Å²) in [7, 11) is 0. The fourth-order valence-electron chi connectivity index (χ4n) is 4.85. The topological polar surface area (TPSA) is 140 Å². The molecule has 2 aromatic heterocycles. The smallest absolute Gasteiger partial charge is 0.184 e. The van der Waals surface area contributed by atoms with Crippen molar-refractivity contribution in [1.82, 2.24) is 19.7 Å². The molecule has 2 aliphatic rings. The molecule has 37 heavy (non-hydrogen) atoms. The van der Waals surface area contributed by atoms with Crippen LogP contribution in [0.4, 0.5) is 0 Å². The summed E-state index contributed by atoms with van der Waals surface area (Å²) in [5.41, 5.74) is 11.8. The molecule has 0 bridgehead atoms. The zero-order valence-corrected chi connectivity index (χ0v) is 21.0. The first-order valence-corrected chi connectivity index (χ1v) is 12.9. The number of fused-ring (bicyclic) bond motifs is 2. The van der Waals surface area contributed by atoms with Crippen LogP contribution in [0.5, 0.6) is 0 Å². The second-order valence-corrected chi connectivity index (χ2v) is 10.1. The lowest BCUT2D eigenvalue weighted by atomic mass is 9.91. The maximum atomic E-state index is 11.4. The van der Waals surface area contributed by atoms with Crippen molar-refractivity contribution >= 4 is 21.6 Å². The van der Waals surface area contributed by atoms with Crippen LogP contribution in [0.25, 0.3) is 26.3 Å². The Bertz CT molecular complexity index is 1470. The number of benzene rings is 2. The maximum Gasteiger partial charge on any atom is 0.184 e. The summed E-state index contributed by atoms with van der Waals surface area (Å²) in [6.07, 6.45) is -3.20. The lowest BCUT2D eigenvalue weighted by molar-refractivity contribution is -0.309. The zero-order chi connectivity index (χ0) is 25.5. The van der Waals surface area contributed by atoms with Crippen molar-refractivity contribution in [2.24, 2.45) is 5.11 Å². The molecule has 2 aliphatic heterocycles. The molecule has 0 radical (unpaired) electrons. The third-order valence-electron chi connectivity index (χ3n) is 6.59. The summed E-state index contributed by atoms with van der Waals surface area (Å²) >= 11 is 1.63. The van der Waals surface area contributed by atoms with Crippen LogP contribution < -0.4 is 0 Å². The largest absolute Gasteiger partial charge is 0.389 e. The monoisotopic (exact) mass is 519 g/mol. The molecule has 2 saturated heterocycles. The summed E-state index contributed by atoms with van der Waals surface area (Å²) in [4.78, 5) is 12.2. The van der Waals surface area contributed by atoms with Gasteiger partial charge in [0, 0.05) is 10.5 Å². The molecule has 0 saturated carbocycles. The highest BCUT2D eigenvalue weighted by atomic mass is 32.1. The number of thiazole rings is 1. The van der Waals surface area contributed by atoms with Crippen molar-refractivity contribution in [2.75, 3.05) is 6.61 Å². The number of azide groups is 1. The first-order valence-electron chi connectivity index (χ1n) is 12.1. The van der Waals surface area contributed by atoms with E-state index < -0.39 is 36.7 Å². The van der Waals surface area contributed by atoms with E-state index in [0.717, 1.165) is 32.9 Å². The van der Waals surface area contributed by atoms with E-state index in [4.69, 9.17) is 14.2 Å². The number of hydrogen-bond donors (Lipinski definition) is 1. The second-order valence-electron chi connectivity index (χ2n) is 9.00. The van der Waals surface area contributed by atoms with Gasteiger partial charge in [0.05, 0.1) is 39.7 Å². The van der Waals surface area contributed by atoms with Crippen molar-refractivity contribution in [2.45, 2.75) is 57.0 Å². The number of aliphatic hydroxyl groups excluding tert-OH is 1. The number of rotatable bonds is 5. The molecular weight excluding hydrogens is 494 g/mol. The number of aromatic nitrogens is 4. The van der Waals surface area contributed by atoms with Crippen LogP contribution in [0.2, 0.25) is 0 Å². The molecule has 6 rings (SSSR count). The van der Waals surface area contributed by atoms with E-state index in [1.54, 1.807) is 22.9 Å². The number of hydrogen-bond acceptors (Lipinski definition) is 9. The van der Waals surface area contributed by atoms with E-state index in [9.17, 15) is 10.6 Å². The number of aliphatic hydroxyl groups is 1. The van der Waals surface area contributed by atoms with Crippen LogP contribution in [0.3, 0.4) is 0 Å². The zero-order valence-electron chi connectivity index (χ0n) is 20.2. The highest BCUT2D eigenvalue weighted by Crippen LogP contribution is 2.40. The molecule has 1 unspecified atom stereocenters. The maximum absolute atomic E-state index is 11.4. The summed E-state index contributed by atoms with van der Waals surface area (Å²) in [5.74, 6) is 0.929. The molecule has 12 heteroatoms. The Labute approximate surface area is 216 Å². The molecule has 0 aliphatic carbocycles. The Morgan fingerprint density at radius 1 is 1.19 bits per heavy atom. The molecule has 190 valence electrons. The fraction of sp³-hybridized carbons (Fsp3) is 0.400. The van der Waals surface area contributed by atoms with Crippen LogP contribution in [-0.2, 0) is 20.6 Å². The second kappa shape index (κ2) is 9.82. The van der Waals surface area contributed by atoms with Gasteiger partial charge >= 0.3 is 0 Å². The van der Waals surface area contributed by atoms with Gasteiger partial charge in [0.2, 0.25) is 0 Å². The molecule has 2 fully saturated rings. The van der Waals surface area contributed by atoms with Crippen LogP contribution in [-0.4, -0.2) is 55.8 Å². The quantitative estimate of drug-likeness (QED) is 0.235. The summed E-state index contributed by atoms with van der Waals surface area (Å²) in [6, 6.07) is 14.4. The number of ether oxygens (including phenoxy) is 3. The summed E-state index contributed by atoms with van der Waals surface area (Å²) in [6.45, 7) is 4.05. The number of aryl methyl sites for hydroxylation is 2. The molecule has 2 aromatic carbocycles. The van der Waals surface area contributed by atoms with Crippen molar-refractivity contribution < 1.29 is 19.3 Å². The first kappa shape index (κ1) is 24.0. The van der Waals surface area contributed by atoms with E-state index in [0.29, 0.717) is 11.6 Å². The Kier molecular flexibility index (Phi) is 6.37. The van der Waals surface area contributed by atoms with E-state index in [1.165, 1.54) is 0 Å². The minimum absolute atomic E-state index is 0.199. The van der Waals surface area contributed by atoms with Gasteiger partial charge in [-0.15, -0.1) is 11.3 Å². The molecule has 4 aromatic rings. The minimum atomic E-state index is -1.21. The Morgan fingerprint density at radius 2 is 2.03 bits per heavy atom. The molecule has 0 amide bonds. The highest BCUT2D eigenvalue weighted by Gasteiger charge is 2.51. The van der Waals surface area contributed by atoms with Gasteiger partial charge in [-0.2, -0.15) is 5.10 Å². The van der Waals surface area contributed by atoms with Crippen molar-refractivity contribution in [3.8, 4) is 5.69 Å². The fourth-order valence-corrected chi connectivity index (χ4v) is 5.79. The van der Waals surface area contributed by atoms with Gasteiger partial charge in [-0.25, -0.2) is 14.6 Å². The van der Waals surface area contributed by atoms with Crippen LogP contribution in [0, 0.1) is 6.92 Å². The van der Waals surface area contributed by atoms with Gasteiger partial charge in [0.1, 0.15) is 24.1 Å². The third kappa shape index (κ3) is 4.37. The van der Waals surface area contributed by atoms with Gasteiger partial charge in [-0.1, -0.05) is 42.4 Å². The summed E-state index contributed by atoms with van der Waals surface area (Å²) < 4.78 is 21.1. The molecule has 11 nitrogen and oxygen atoms in total. The average Bonchev–Trinajstić information content (AvgIpc) is 3.53. The van der Waals surface area contributed by atoms with Gasteiger partial charge < -0.3 is 19.3 Å². The van der Waals surface area contributed by atoms with Gasteiger partial charge in [0.15, 0.2) is 12.1 Å². The van der Waals surface area contributed by atoms with Crippen LogP contribution in [0.1, 0.15) is 41.5 Å². The predicted octanol–water partition coefficient (Wildman–Crippen LogP) is 4.34. The van der Waals surface area contributed by atoms with E-state index in [-0.39, 0.29) is 6.61 Å². The predicted molar refractivity (Wildman–Crippen MR) is 135 cm³/mol. The Morgan fingerprint density at radius 3 is 2.81 bits per heavy atom. The molecular formula is C25H25N7O4S. The molecule has 6 atom stereocenters. The first-order chi connectivity index (χ1) is 18.1. The third-order valence-corrected chi connectivity index (χ3v) is 7.75. The lowest BCUT2D eigenvalue weighted by Crippen LogP contribution is -2.58. The van der Waals surface area contributed by atoms with Crippen LogP contribution in [0.15, 0.2) is 53.6 Å². The van der Waals surface area contributed by atoms with Crippen molar-refractivity contribution in [1.29, 1.82) is 0 Å². The highest BCUT2D eigenvalue weighted by molar-refractivity contribution is 7.18. The van der Waals surface area contributed by atoms with Crippen molar-refractivity contribution in [3.63, 3.8) is 0 Å². The Balaban J connectivity index is 1.34. The lowest BCUT2D eigenvalue weighted by Gasteiger charge is -2.46. The van der Waals surface area contributed by atoms with Gasteiger partial charge in [-0.3, -0.25) is 0 Å². The van der Waals surface area contributed by atoms with E-state index >= 15 is 0 Å². The van der Waals surface area contributed by atoms with Gasteiger partial charge in [0.25, 0.3) is 0 Å². The minimum Gasteiger partial charge on any atom is -0.389 e. The van der Waals surface area contributed by atoms with E-state index in [2.05, 4.69) is 32.0 Å². The SMILES string of the molecule is CCc1nc2ccc(-n3nc(C)nc3[C@@H]3O[C@@H]4COC(c5ccccc5)O[C@@H]4[C@H](N=[N+]=[N-])[C@H]3O)cc2s1. The van der Waals surface area contributed by atoms with Crippen LogP contribution >= 0.6 is 11.3 Å². The van der Waals surface area contributed by atoms with E-state index in [1.807, 2.05) is 48.5 Å². The van der Waals surface area contributed by atoms with Gasteiger partial charge in [-0.05, 0) is 37.1 Å². The normalized spacial score (nSPS) is 27.5. The average molecular weight is 520 g/mol. The number of nitrogens with zero attached hydrogens (tertiary/aromatic N) is 7. The molecule has 0 spiro atoms. The summed E-state index contributed by atoms with van der Waals surface area (Å²) in [5, 5.41) is 21.0. The van der Waals surface area contributed by atoms with Crippen molar-refractivity contribution in [3.05, 3.63) is 81.2 Å².